The Balaban J connectivity index is 1.32. The largest absolute Gasteiger partial charge is 0.480 e. The second-order valence-electron chi connectivity index (χ2n) is 10.2. The molecular formula is C28H32N6O7S. The van der Waals surface area contributed by atoms with Gasteiger partial charge in [-0.1, -0.05) is 60.7 Å². The first-order chi connectivity index (χ1) is 20.0. The van der Waals surface area contributed by atoms with Crippen LogP contribution in [0.2, 0.25) is 0 Å². The van der Waals surface area contributed by atoms with Crippen molar-refractivity contribution in [2.45, 2.75) is 48.7 Å². The van der Waals surface area contributed by atoms with Gasteiger partial charge in [0.15, 0.2) is 0 Å². The van der Waals surface area contributed by atoms with Crippen molar-refractivity contribution in [2.24, 2.45) is 10.7 Å². The van der Waals surface area contributed by atoms with Gasteiger partial charge in [-0.15, -0.1) is 11.8 Å². The number of ether oxygens (including phenoxy) is 1. The summed E-state index contributed by atoms with van der Waals surface area (Å²) < 4.78 is 4.35. The lowest BCUT2D eigenvalue weighted by molar-refractivity contribution is -0.161. The van der Waals surface area contributed by atoms with Gasteiger partial charge in [0.1, 0.15) is 42.5 Å². The molecule has 2 fully saturated rings. The third-order valence-electron chi connectivity index (χ3n) is 6.73. The first kappa shape index (κ1) is 30.4. The maximum Gasteiger partial charge on any atom is 0.407 e. The Morgan fingerprint density at radius 2 is 1.74 bits per heavy atom. The molecule has 42 heavy (non-hydrogen) atoms. The Morgan fingerprint density at radius 1 is 1.10 bits per heavy atom. The highest BCUT2D eigenvalue weighted by Crippen LogP contribution is 2.50. The van der Waals surface area contributed by atoms with E-state index in [-0.39, 0.29) is 19.0 Å². The highest BCUT2D eigenvalue weighted by Gasteiger charge is 2.64. The first-order valence-electron chi connectivity index (χ1n) is 13.1. The van der Waals surface area contributed by atoms with Crippen molar-refractivity contribution in [1.82, 2.24) is 20.9 Å². The molecule has 0 spiro atoms. The van der Waals surface area contributed by atoms with Gasteiger partial charge in [0.2, 0.25) is 17.7 Å². The number of aliphatic carboxylic acids is 1. The summed E-state index contributed by atoms with van der Waals surface area (Å²) in [4.78, 5) is 67.8. The average molecular weight is 597 g/mol. The molecule has 2 aliphatic rings. The zero-order chi connectivity index (χ0) is 30.4. The van der Waals surface area contributed by atoms with E-state index in [1.54, 1.807) is 44.2 Å². The van der Waals surface area contributed by atoms with E-state index in [2.05, 4.69) is 20.9 Å². The number of fused-ring (bicyclic) bond motifs is 1. The fourth-order valence-corrected chi connectivity index (χ4v) is 6.33. The number of hydrogen-bond acceptors (Lipinski definition) is 8. The Bertz CT molecular complexity index is 1370. The maximum absolute atomic E-state index is 13.3. The molecule has 13 nitrogen and oxygen atoms in total. The lowest BCUT2D eigenvalue weighted by Gasteiger charge is -2.44. The lowest BCUT2D eigenvalue weighted by Crippen LogP contribution is -2.71. The summed E-state index contributed by atoms with van der Waals surface area (Å²) >= 11 is 1.30. The van der Waals surface area contributed by atoms with E-state index < -0.39 is 64.6 Å². The molecule has 0 saturated carbocycles. The van der Waals surface area contributed by atoms with Crippen molar-refractivity contribution in [3.8, 4) is 0 Å². The van der Waals surface area contributed by atoms with Gasteiger partial charge in [0.05, 0.1) is 6.54 Å². The number of carboxylic acids is 1. The number of β-lactam (4-membered cyclic amide) rings is 1. The fraction of sp³-hybridized carbons (Fsp3) is 0.357. The van der Waals surface area contributed by atoms with Crippen LogP contribution < -0.4 is 21.7 Å². The molecule has 2 aromatic carbocycles. The summed E-state index contributed by atoms with van der Waals surface area (Å²) in [6, 6.07) is 14.5. The number of hydrogen-bond donors (Lipinski definition) is 5. The van der Waals surface area contributed by atoms with Gasteiger partial charge < -0.3 is 36.4 Å². The lowest BCUT2D eigenvalue weighted by atomic mass is 9.95. The summed E-state index contributed by atoms with van der Waals surface area (Å²) in [7, 11) is 0. The predicted molar refractivity (Wildman–Crippen MR) is 154 cm³/mol. The van der Waals surface area contributed by atoms with E-state index >= 15 is 0 Å². The summed E-state index contributed by atoms with van der Waals surface area (Å²) in [5.74, 6) is -2.90. The number of rotatable bonds is 11. The Labute approximate surface area is 246 Å². The van der Waals surface area contributed by atoms with E-state index in [0.29, 0.717) is 5.56 Å². The third kappa shape index (κ3) is 7.00. The number of amidine groups is 1. The van der Waals surface area contributed by atoms with Crippen LogP contribution in [0.3, 0.4) is 0 Å². The standard InChI is InChI=1S/C28H32N6O7S/c1-28(2)22(26(38)39)34-24(37)21(25(34)42-28)33-23(36)20(17-11-7-4-8-12-17)32-19(35)14-30-18(29)13-31-27(40)41-15-16-9-5-3-6-10-16/h3-12,20-22,25H,13-15H2,1-2H3,(H2,29,30)(H,31,40)(H,32,35)(H,33,36)(H,38,39)/t20?,21-,22+,25-/m1/s1. The van der Waals surface area contributed by atoms with E-state index in [0.717, 1.165) is 5.56 Å². The van der Waals surface area contributed by atoms with Crippen LogP contribution in [-0.4, -0.2) is 80.9 Å². The van der Waals surface area contributed by atoms with Gasteiger partial charge in [-0.05, 0) is 25.0 Å². The number of alkyl carbamates (subject to hydrolysis) is 1. The van der Waals surface area contributed by atoms with Crippen molar-refractivity contribution in [1.29, 1.82) is 0 Å². The van der Waals surface area contributed by atoms with Gasteiger partial charge in [-0.25, -0.2) is 9.59 Å². The molecule has 2 saturated heterocycles. The van der Waals surface area contributed by atoms with Crippen LogP contribution in [0.1, 0.15) is 31.0 Å². The summed E-state index contributed by atoms with van der Waals surface area (Å²) in [6.45, 7) is 2.98. The first-order valence-corrected chi connectivity index (χ1v) is 14.0. The quantitative estimate of drug-likeness (QED) is 0.141. The van der Waals surface area contributed by atoms with Gasteiger partial charge in [-0.2, -0.15) is 0 Å². The monoisotopic (exact) mass is 596 g/mol. The minimum Gasteiger partial charge on any atom is -0.480 e. The van der Waals surface area contributed by atoms with Gasteiger partial charge in [-0.3, -0.25) is 19.4 Å². The van der Waals surface area contributed by atoms with E-state index in [1.165, 1.54) is 16.7 Å². The van der Waals surface area contributed by atoms with Crippen LogP contribution in [0.5, 0.6) is 0 Å². The highest BCUT2D eigenvalue weighted by molar-refractivity contribution is 8.01. The van der Waals surface area contributed by atoms with Crippen molar-refractivity contribution in [2.75, 3.05) is 13.1 Å². The summed E-state index contributed by atoms with van der Waals surface area (Å²) in [5, 5.41) is 16.8. The smallest absolute Gasteiger partial charge is 0.407 e. The third-order valence-corrected chi connectivity index (χ3v) is 8.30. The van der Waals surface area contributed by atoms with Crippen molar-refractivity contribution < 1.29 is 33.8 Å². The zero-order valence-electron chi connectivity index (χ0n) is 23.0. The van der Waals surface area contributed by atoms with E-state index in [1.807, 2.05) is 30.3 Å². The van der Waals surface area contributed by atoms with Crippen LogP contribution in [0.4, 0.5) is 4.79 Å². The van der Waals surface area contributed by atoms with Crippen LogP contribution in [0.25, 0.3) is 0 Å². The molecule has 4 amide bonds. The molecule has 0 radical (unpaired) electrons. The second-order valence-corrected chi connectivity index (χ2v) is 12.0. The van der Waals surface area contributed by atoms with Crippen LogP contribution >= 0.6 is 11.8 Å². The number of thioether (sulfide) groups is 1. The Kier molecular flexibility index (Phi) is 9.35. The van der Waals surface area contributed by atoms with Gasteiger partial charge >= 0.3 is 12.1 Å². The van der Waals surface area contributed by atoms with Crippen LogP contribution in [-0.2, 0) is 30.5 Å². The Morgan fingerprint density at radius 3 is 2.38 bits per heavy atom. The molecule has 4 atom stereocenters. The Hall–Kier alpha value is -4.59. The minimum absolute atomic E-state index is 0.0310. The van der Waals surface area contributed by atoms with Crippen LogP contribution in [0, 0.1) is 0 Å². The molecule has 2 aliphatic heterocycles. The molecular weight excluding hydrogens is 564 g/mol. The molecule has 4 rings (SSSR count). The molecule has 6 N–H and O–H groups in total. The number of amides is 4. The number of aliphatic imine (C=N–C) groups is 1. The SMILES string of the molecule is CC1(C)S[C@@H]2[C@H](NC(=O)C(NC(=O)CN=C(N)CNC(=O)OCc3ccccc3)c3ccccc3)C(=O)N2[C@H]1C(=O)O. The summed E-state index contributed by atoms with van der Waals surface area (Å²) in [5.41, 5.74) is 7.11. The fourth-order valence-electron chi connectivity index (χ4n) is 4.70. The summed E-state index contributed by atoms with van der Waals surface area (Å²) in [6.07, 6.45) is -0.704. The number of carbonyl (C=O) groups is 5. The number of nitrogens with one attached hydrogen (secondary N) is 3. The highest BCUT2D eigenvalue weighted by atomic mass is 32.2. The van der Waals surface area contributed by atoms with E-state index in [9.17, 15) is 29.1 Å². The van der Waals surface area contributed by atoms with Crippen molar-refractivity contribution in [3.63, 3.8) is 0 Å². The number of carboxylic acid groups (broad SMARTS) is 1. The van der Waals surface area contributed by atoms with Crippen molar-refractivity contribution in [3.05, 3.63) is 71.8 Å². The zero-order valence-corrected chi connectivity index (χ0v) is 23.8. The van der Waals surface area contributed by atoms with Crippen molar-refractivity contribution >= 4 is 47.4 Å². The van der Waals surface area contributed by atoms with Crippen LogP contribution in [0.15, 0.2) is 65.7 Å². The molecule has 14 heteroatoms. The second kappa shape index (κ2) is 12.9. The average Bonchev–Trinajstić information content (AvgIpc) is 3.23. The van der Waals surface area contributed by atoms with Gasteiger partial charge in [0, 0.05) is 4.75 Å². The maximum atomic E-state index is 13.3. The molecule has 222 valence electrons. The number of carbonyl (C=O) groups excluding carboxylic acids is 4. The molecule has 0 aliphatic carbocycles. The number of benzene rings is 2. The predicted octanol–water partition coefficient (Wildman–Crippen LogP) is 0.759. The molecule has 0 bridgehead atoms. The number of nitrogens with two attached hydrogens (primary N) is 1. The number of nitrogens with zero attached hydrogens (tertiary/aromatic N) is 2. The van der Waals surface area contributed by atoms with Gasteiger partial charge in [0.25, 0.3) is 0 Å². The molecule has 2 heterocycles. The van der Waals surface area contributed by atoms with E-state index in [4.69, 9.17) is 10.5 Å². The topological polar surface area (TPSA) is 193 Å². The normalized spacial score (nSPS) is 21.4. The minimum atomic E-state index is -1.15. The molecule has 1 unspecified atom stereocenters. The molecule has 0 aromatic heterocycles. The molecule has 2 aromatic rings.